The van der Waals surface area contributed by atoms with Crippen LogP contribution >= 0.6 is 15.9 Å². The van der Waals surface area contributed by atoms with Gasteiger partial charge in [0.05, 0.1) is 17.3 Å². The first-order valence-corrected chi connectivity index (χ1v) is 17.5. The van der Waals surface area contributed by atoms with Crippen molar-refractivity contribution < 1.29 is 37.3 Å². The van der Waals surface area contributed by atoms with E-state index in [1.54, 1.807) is 54.6 Å². The number of aliphatic hydroxyl groups excluding tert-OH is 1. The molecule has 0 bridgehead atoms. The van der Waals surface area contributed by atoms with E-state index in [1.807, 2.05) is 30.3 Å². The molecule has 47 heavy (non-hydrogen) atoms. The Balaban J connectivity index is 1.37. The normalized spacial score (nSPS) is 18.3. The number of rotatable bonds is 13. The standard InChI is InChI=1S/C35H33BrN2O8S/c36-27-12-8-25(9-13-27)32-35(17-20-47(41,42)29-5-2-1-3-6-29,34(40)37-22-24-7-16-30-31(21-24)45-23-44-30)38-33(46-32)26-10-14-28(15-11-26)43-19-4-18-39/h1-3,5-16,21,32,39H,4,17-20,22-23H2,(H,37,40)/t32-,35-/m1/s1. The van der Waals surface area contributed by atoms with Crippen molar-refractivity contribution in [2.24, 2.45) is 4.99 Å². The number of amides is 1. The van der Waals surface area contributed by atoms with E-state index in [-0.39, 0.29) is 42.9 Å². The number of nitrogens with zero attached hydrogens (tertiary/aromatic N) is 1. The zero-order valence-corrected chi connectivity index (χ0v) is 27.7. The molecule has 2 heterocycles. The number of halogens is 1. The van der Waals surface area contributed by atoms with Crippen molar-refractivity contribution in [1.29, 1.82) is 0 Å². The largest absolute Gasteiger partial charge is 0.494 e. The average molecular weight is 722 g/mol. The van der Waals surface area contributed by atoms with Gasteiger partial charge in [-0.25, -0.2) is 13.4 Å². The molecule has 0 saturated carbocycles. The van der Waals surface area contributed by atoms with E-state index in [1.165, 1.54) is 12.1 Å². The summed E-state index contributed by atoms with van der Waals surface area (Å²) < 4.78 is 51.0. The van der Waals surface area contributed by atoms with Crippen LogP contribution in [0.15, 0.2) is 111 Å². The van der Waals surface area contributed by atoms with E-state index in [4.69, 9.17) is 29.0 Å². The molecule has 12 heteroatoms. The molecule has 2 atom stereocenters. The van der Waals surface area contributed by atoms with Crippen molar-refractivity contribution in [3.63, 3.8) is 0 Å². The van der Waals surface area contributed by atoms with Gasteiger partial charge >= 0.3 is 0 Å². The molecule has 2 N–H and O–H groups in total. The second kappa shape index (κ2) is 14.2. The first-order valence-electron chi connectivity index (χ1n) is 15.1. The van der Waals surface area contributed by atoms with Crippen LogP contribution in [0, 0.1) is 0 Å². The molecule has 0 aliphatic carbocycles. The van der Waals surface area contributed by atoms with Crippen LogP contribution < -0.4 is 19.5 Å². The smallest absolute Gasteiger partial charge is 0.252 e. The van der Waals surface area contributed by atoms with Crippen LogP contribution in [-0.2, 0) is 25.9 Å². The zero-order valence-electron chi connectivity index (χ0n) is 25.3. The van der Waals surface area contributed by atoms with Crippen molar-refractivity contribution in [1.82, 2.24) is 5.32 Å². The van der Waals surface area contributed by atoms with E-state index in [2.05, 4.69) is 21.2 Å². The lowest BCUT2D eigenvalue weighted by Crippen LogP contribution is -2.49. The number of carbonyl (C=O) groups is 1. The molecule has 6 rings (SSSR count). The predicted octanol–water partition coefficient (Wildman–Crippen LogP) is 5.38. The average Bonchev–Trinajstić information content (AvgIpc) is 3.73. The van der Waals surface area contributed by atoms with Gasteiger partial charge in [-0.3, -0.25) is 4.79 Å². The molecule has 0 saturated heterocycles. The number of aliphatic imine (C=N–C) groups is 1. The summed E-state index contributed by atoms with van der Waals surface area (Å²) in [7, 11) is -3.78. The minimum atomic E-state index is -3.78. The molecular weight excluding hydrogens is 688 g/mol. The number of benzene rings is 4. The summed E-state index contributed by atoms with van der Waals surface area (Å²) in [6, 6.07) is 28.0. The van der Waals surface area contributed by atoms with Crippen molar-refractivity contribution in [2.45, 2.75) is 35.9 Å². The lowest BCUT2D eigenvalue weighted by Gasteiger charge is -2.30. The number of hydrogen-bond donors (Lipinski definition) is 2. The van der Waals surface area contributed by atoms with Crippen molar-refractivity contribution in [2.75, 3.05) is 25.8 Å². The highest BCUT2D eigenvalue weighted by Gasteiger charge is 2.53. The van der Waals surface area contributed by atoms with Crippen molar-refractivity contribution in [3.05, 3.63) is 118 Å². The Kier molecular flexibility index (Phi) is 9.81. The fraction of sp³-hybridized carbons (Fsp3) is 0.257. The number of aliphatic hydroxyl groups is 1. The summed E-state index contributed by atoms with van der Waals surface area (Å²) in [5.41, 5.74) is 0.386. The van der Waals surface area contributed by atoms with Crippen LogP contribution in [0.4, 0.5) is 0 Å². The first kappa shape index (κ1) is 32.5. The minimum Gasteiger partial charge on any atom is -0.494 e. The number of sulfone groups is 1. The fourth-order valence-electron chi connectivity index (χ4n) is 5.43. The van der Waals surface area contributed by atoms with Crippen LogP contribution in [0.5, 0.6) is 17.2 Å². The molecule has 0 fully saturated rings. The van der Waals surface area contributed by atoms with Gasteiger partial charge in [-0.05, 0) is 71.8 Å². The van der Waals surface area contributed by atoms with Gasteiger partial charge in [-0.15, -0.1) is 0 Å². The Morgan fingerprint density at radius 3 is 2.47 bits per heavy atom. The number of nitrogens with one attached hydrogen (secondary N) is 1. The van der Waals surface area contributed by atoms with E-state index in [9.17, 15) is 13.2 Å². The third-order valence-electron chi connectivity index (χ3n) is 7.95. The predicted molar refractivity (Wildman–Crippen MR) is 178 cm³/mol. The van der Waals surface area contributed by atoms with Gasteiger partial charge in [0.15, 0.2) is 33.0 Å². The van der Waals surface area contributed by atoms with E-state index >= 15 is 0 Å². The van der Waals surface area contributed by atoms with Crippen LogP contribution in [0.25, 0.3) is 0 Å². The van der Waals surface area contributed by atoms with Crippen LogP contribution in [0.3, 0.4) is 0 Å². The monoisotopic (exact) mass is 720 g/mol. The summed E-state index contributed by atoms with van der Waals surface area (Å²) in [4.78, 5) is 19.6. The number of fused-ring (bicyclic) bond motifs is 1. The van der Waals surface area contributed by atoms with Crippen LogP contribution in [-0.4, -0.2) is 56.6 Å². The molecule has 0 spiro atoms. The third kappa shape index (κ3) is 7.29. The van der Waals surface area contributed by atoms with Crippen LogP contribution in [0.1, 0.15) is 35.6 Å². The van der Waals surface area contributed by atoms with E-state index in [0.29, 0.717) is 41.4 Å². The summed E-state index contributed by atoms with van der Waals surface area (Å²) in [5.74, 6) is 1.19. The molecule has 2 aliphatic heterocycles. The fourth-order valence-corrected chi connectivity index (χ4v) is 7.08. The Hall–Kier alpha value is -4.39. The lowest BCUT2D eigenvalue weighted by atomic mass is 9.85. The SMILES string of the molecule is O=C(NCc1ccc2c(c1)OCO2)[C@]1(CCS(=O)(=O)c2ccccc2)N=C(c2ccc(OCCCO)cc2)O[C@@H]1c1ccc(Br)cc1. The van der Waals surface area contributed by atoms with Gasteiger partial charge < -0.3 is 29.4 Å². The molecule has 2 aliphatic rings. The molecule has 4 aromatic carbocycles. The molecular formula is C35H33BrN2O8S. The van der Waals surface area contributed by atoms with Crippen molar-refractivity contribution in [3.8, 4) is 17.2 Å². The summed E-state index contributed by atoms with van der Waals surface area (Å²) in [6.45, 7) is 0.657. The molecule has 0 radical (unpaired) electrons. The molecule has 10 nitrogen and oxygen atoms in total. The zero-order chi connectivity index (χ0) is 32.9. The van der Waals surface area contributed by atoms with Gasteiger partial charge in [0, 0.05) is 36.0 Å². The molecule has 0 aromatic heterocycles. The quantitative estimate of drug-likeness (QED) is 0.176. The second-order valence-electron chi connectivity index (χ2n) is 11.1. The number of carbonyl (C=O) groups excluding carboxylic acids is 1. The van der Waals surface area contributed by atoms with Gasteiger partial charge in [-0.2, -0.15) is 0 Å². The van der Waals surface area contributed by atoms with E-state index in [0.717, 1.165) is 10.0 Å². The Morgan fingerprint density at radius 1 is 0.979 bits per heavy atom. The Labute approximate surface area is 281 Å². The maximum absolute atomic E-state index is 14.5. The van der Waals surface area contributed by atoms with Crippen molar-refractivity contribution >= 4 is 37.6 Å². The third-order valence-corrected chi connectivity index (χ3v) is 10.2. The molecule has 4 aromatic rings. The second-order valence-corrected chi connectivity index (χ2v) is 14.1. The Bertz CT molecular complexity index is 1850. The summed E-state index contributed by atoms with van der Waals surface area (Å²) >= 11 is 3.47. The highest BCUT2D eigenvalue weighted by atomic mass is 79.9. The minimum absolute atomic E-state index is 0.0268. The molecule has 1 amide bonds. The maximum Gasteiger partial charge on any atom is 0.252 e. The topological polar surface area (TPSA) is 133 Å². The highest BCUT2D eigenvalue weighted by Crippen LogP contribution is 2.43. The van der Waals surface area contributed by atoms with E-state index < -0.39 is 27.4 Å². The van der Waals surface area contributed by atoms with Gasteiger partial charge in [-0.1, -0.05) is 52.3 Å². The maximum atomic E-state index is 14.5. The highest BCUT2D eigenvalue weighted by molar-refractivity contribution is 9.10. The van der Waals surface area contributed by atoms with Crippen LogP contribution in [0.2, 0.25) is 0 Å². The van der Waals surface area contributed by atoms with Gasteiger partial charge in [0.25, 0.3) is 5.91 Å². The Morgan fingerprint density at radius 2 is 1.72 bits per heavy atom. The lowest BCUT2D eigenvalue weighted by molar-refractivity contribution is -0.129. The number of ether oxygens (including phenoxy) is 4. The summed E-state index contributed by atoms with van der Waals surface area (Å²) in [6.07, 6.45) is -0.583. The van der Waals surface area contributed by atoms with Gasteiger partial charge in [0.1, 0.15) is 5.75 Å². The first-order chi connectivity index (χ1) is 22.8. The molecule has 244 valence electrons. The number of hydrogen-bond acceptors (Lipinski definition) is 9. The molecule has 0 unspecified atom stereocenters. The van der Waals surface area contributed by atoms with Gasteiger partial charge in [0.2, 0.25) is 12.7 Å². The summed E-state index contributed by atoms with van der Waals surface area (Å²) in [5, 5.41) is 12.1.